The standard InChI is InChI=1S/C23H22FN3O3S/c24-21-11-16(6-7-19(21)23(28)27-12-15-4-2-1-3-5-15)20-10-18(13-26-22(20)25)17-8-9-31(29,30)14-17/h1-7,10-11,13,17H,8-9,12,14H2,(H2,25,26)(H,27,28). The molecule has 2 heterocycles. The van der Waals surface area contributed by atoms with E-state index in [1.54, 1.807) is 18.3 Å². The largest absolute Gasteiger partial charge is 0.383 e. The molecule has 2 aromatic carbocycles. The molecule has 1 fully saturated rings. The van der Waals surface area contributed by atoms with Crippen molar-refractivity contribution in [2.75, 3.05) is 17.2 Å². The molecule has 1 saturated heterocycles. The van der Waals surface area contributed by atoms with Gasteiger partial charge in [0.1, 0.15) is 11.6 Å². The van der Waals surface area contributed by atoms with Gasteiger partial charge in [-0.25, -0.2) is 17.8 Å². The van der Waals surface area contributed by atoms with Crippen LogP contribution in [0.4, 0.5) is 10.2 Å². The van der Waals surface area contributed by atoms with Gasteiger partial charge in [0, 0.05) is 24.2 Å². The second kappa shape index (κ2) is 8.47. The van der Waals surface area contributed by atoms with Crippen molar-refractivity contribution in [1.29, 1.82) is 0 Å². The van der Waals surface area contributed by atoms with E-state index in [-0.39, 0.29) is 28.8 Å². The van der Waals surface area contributed by atoms with Gasteiger partial charge in [-0.2, -0.15) is 0 Å². The van der Waals surface area contributed by atoms with E-state index >= 15 is 0 Å². The molecule has 3 N–H and O–H groups in total. The van der Waals surface area contributed by atoms with Gasteiger partial charge in [0.2, 0.25) is 0 Å². The Bertz CT molecular complexity index is 1230. The Morgan fingerprint density at radius 2 is 1.94 bits per heavy atom. The number of amides is 1. The van der Waals surface area contributed by atoms with Crippen molar-refractivity contribution in [2.45, 2.75) is 18.9 Å². The van der Waals surface area contributed by atoms with Crippen molar-refractivity contribution in [1.82, 2.24) is 10.3 Å². The van der Waals surface area contributed by atoms with Gasteiger partial charge in [-0.1, -0.05) is 36.4 Å². The summed E-state index contributed by atoms with van der Waals surface area (Å²) in [6, 6.07) is 15.4. The fourth-order valence-electron chi connectivity index (χ4n) is 3.74. The number of pyridine rings is 1. The summed E-state index contributed by atoms with van der Waals surface area (Å²) in [5.74, 6) is -0.888. The summed E-state index contributed by atoms with van der Waals surface area (Å²) in [5.41, 5.74) is 8.60. The predicted octanol–water partition coefficient (Wildman–Crippen LogP) is 3.30. The first-order chi connectivity index (χ1) is 14.8. The molecule has 0 saturated carbocycles. The Morgan fingerprint density at radius 3 is 2.61 bits per heavy atom. The molecular weight excluding hydrogens is 417 g/mol. The molecule has 1 aliphatic heterocycles. The maximum Gasteiger partial charge on any atom is 0.254 e. The second-order valence-corrected chi connectivity index (χ2v) is 9.89. The lowest BCUT2D eigenvalue weighted by Gasteiger charge is -2.13. The SMILES string of the molecule is Nc1ncc(C2CCS(=O)(=O)C2)cc1-c1ccc(C(=O)NCc2ccccc2)c(F)c1. The molecule has 3 aromatic rings. The van der Waals surface area contributed by atoms with Crippen molar-refractivity contribution < 1.29 is 17.6 Å². The number of nitrogens with two attached hydrogens (primary N) is 1. The number of rotatable bonds is 5. The van der Waals surface area contributed by atoms with Crippen LogP contribution in [0.15, 0.2) is 60.8 Å². The molecule has 31 heavy (non-hydrogen) atoms. The number of hydrogen-bond acceptors (Lipinski definition) is 5. The summed E-state index contributed by atoms with van der Waals surface area (Å²) >= 11 is 0. The van der Waals surface area contributed by atoms with Crippen LogP contribution < -0.4 is 11.1 Å². The number of nitrogens with zero attached hydrogens (tertiary/aromatic N) is 1. The van der Waals surface area contributed by atoms with Crippen LogP contribution in [0.2, 0.25) is 0 Å². The smallest absolute Gasteiger partial charge is 0.254 e. The number of sulfone groups is 1. The minimum atomic E-state index is -3.04. The molecular formula is C23H22FN3O3S. The average molecular weight is 440 g/mol. The molecule has 8 heteroatoms. The Labute approximate surface area is 180 Å². The third-order valence-electron chi connectivity index (χ3n) is 5.46. The molecule has 0 bridgehead atoms. The van der Waals surface area contributed by atoms with Crippen molar-refractivity contribution in [3.63, 3.8) is 0 Å². The lowest BCUT2D eigenvalue weighted by Crippen LogP contribution is -2.23. The second-order valence-electron chi connectivity index (χ2n) is 7.66. The van der Waals surface area contributed by atoms with Gasteiger partial charge >= 0.3 is 0 Å². The summed E-state index contributed by atoms with van der Waals surface area (Å²) in [4.78, 5) is 16.6. The van der Waals surface area contributed by atoms with Gasteiger partial charge in [-0.3, -0.25) is 4.79 Å². The molecule has 1 aromatic heterocycles. The number of benzene rings is 2. The Hall–Kier alpha value is -3.26. The molecule has 0 aliphatic carbocycles. The van der Waals surface area contributed by atoms with Crippen molar-refractivity contribution in [2.24, 2.45) is 0 Å². The zero-order chi connectivity index (χ0) is 22.0. The fraction of sp³-hybridized carbons (Fsp3) is 0.217. The lowest BCUT2D eigenvalue weighted by molar-refractivity contribution is 0.0947. The topological polar surface area (TPSA) is 102 Å². The van der Waals surface area contributed by atoms with Gasteiger partial charge in [-0.05, 0) is 41.3 Å². The monoisotopic (exact) mass is 439 g/mol. The van der Waals surface area contributed by atoms with Crippen LogP contribution in [0, 0.1) is 5.82 Å². The molecule has 1 atom stereocenters. The summed E-state index contributed by atoms with van der Waals surface area (Å²) in [7, 11) is -3.04. The summed E-state index contributed by atoms with van der Waals surface area (Å²) in [6.07, 6.45) is 2.11. The number of hydrogen-bond donors (Lipinski definition) is 2. The number of halogens is 1. The molecule has 1 unspecified atom stereocenters. The number of carbonyl (C=O) groups is 1. The van der Waals surface area contributed by atoms with Crippen LogP contribution in [-0.4, -0.2) is 30.8 Å². The minimum Gasteiger partial charge on any atom is -0.383 e. The Kier molecular flexibility index (Phi) is 5.73. The highest BCUT2D eigenvalue weighted by atomic mass is 32.2. The number of nitrogen functional groups attached to an aromatic ring is 1. The molecule has 4 rings (SSSR count). The maximum atomic E-state index is 14.7. The van der Waals surface area contributed by atoms with Gasteiger partial charge in [-0.15, -0.1) is 0 Å². The lowest BCUT2D eigenvalue weighted by atomic mass is 9.96. The van der Waals surface area contributed by atoms with Crippen LogP contribution in [0.3, 0.4) is 0 Å². The first-order valence-corrected chi connectivity index (χ1v) is 11.7. The molecule has 1 aliphatic rings. The first kappa shape index (κ1) is 21.0. The van der Waals surface area contributed by atoms with E-state index in [0.29, 0.717) is 24.1 Å². The summed E-state index contributed by atoms with van der Waals surface area (Å²) in [5, 5.41) is 2.71. The average Bonchev–Trinajstić information content (AvgIpc) is 3.12. The van der Waals surface area contributed by atoms with E-state index in [2.05, 4.69) is 10.3 Å². The van der Waals surface area contributed by atoms with E-state index in [1.807, 2.05) is 30.3 Å². The van der Waals surface area contributed by atoms with Crippen LogP contribution >= 0.6 is 0 Å². The molecule has 1 amide bonds. The van der Waals surface area contributed by atoms with Gasteiger partial charge in [0.15, 0.2) is 9.84 Å². The summed E-state index contributed by atoms with van der Waals surface area (Å²) in [6.45, 7) is 0.296. The third-order valence-corrected chi connectivity index (χ3v) is 7.23. The van der Waals surface area contributed by atoms with Crippen molar-refractivity contribution >= 4 is 21.6 Å². The Morgan fingerprint density at radius 1 is 1.16 bits per heavy atom. The number of aromatic nitrogens is 1. The predicted molar refractivity (Wildman–Crippen MR) is 118 cm³/mol. The van der Waals surface area contributed by atoms with Gasteiger partial charge in [0.25, 0.3) is 5.91 Å². The van der Waals surface area contributed by atoms with Crippen molar-refractivity contribution in [3.05, 3.63) is 83.3 Å². The maximum absolute atomic E-state index is 14.7. The van der Waals surface area contributed by atoms with Crippen LogP contribution in [0.1, 0.15) is 33.8 Å². The first-order valence-electron chi connectivity index (χ1n) is 9.90. The van der Waals surface area contributed by atoms with Crippen LogP contribution in [0.5, 0.6) is 0 Å². The van der Waals surface area contributed by atoms with Crippen LogP contribution in [-0.2, 0) is 16.4 Å². The van der Waals surface area contributed by atoms with Gasteiger partial charge < -0.3 is 11.1 Å². The third kappa shape index (κ3) is 4.74. The quantitative estimate of drug-likeness (QED) is 0.635. The minimum absolute atomic E-state index is 0.0655. The number of nitrogens with one attached hydrogen (secondary N) is 1. The van der Waals surface area contributed by atoms with E-state index < -0.39 is 21.6 Å². The van der Waals surface area contributed by atoms with Gasteiger partial charge in [0.05, 0.1) is 17.1 Å². The van der Waals surface area contributed by atoms with E-state index in [9.17, 15) is 17.6 Å². The molecule has 6 nitrogen and oxygen atoms in total. The number of carbonyl (C=O) groups excluding carboxylic acids is 1. The zero-order valence-electron chi connectivity index (χ0n) is 16.7. The molecule has 160 valence electrons. The molecule has 0 spiro atoms. The van der Waals surface area contributed by atoms with E-state index in [0.717, 1.165) is 11.1 Å². The van der Waals surface area contributed by atoms with Crippen molar-refractivity contribution in [3.8, 4) is 11.1 Å². The number of anilines is 1. The zero-order valence-corrected chi connectivity index (χ0v) is 17.5. The molecule has 0 radical (unpaired) electrons. The fourth-order valence-corrected chi connectivity index (χ4v) is 5.53. The normalized spacial score (nSPS) is 17.4. The highest BCUT2D eigenvalue weighted by molar-refractivity contribution is 7.91. The highest BCUT2D eigenvalue weighted by Crippen LogP contribution is 2.33. The van der Waals surface area contributed by atoms with E-state index in [4.69, 9.17) is 5.73 Å². The van der Waals surface area contributed by atoms with Crippen LogP contribution in [0.25, 0.3) is 11.1 Å². The summed E-state index contributed by atoms with van der Waals surface area (Å²) < 4.78 is 38.3. The Balaban J connectivity index is 1.55. The van der Waals surface area contributed by atoms with E-state index in [1.165, 1.54) is 12.1 Å². The highest BCUT2D eigenvalue weighted by Gasteiger charge is 2.29.